The third kappa shape index (κ3) is 3.69. The number of nitrogens with zero attached hydrogens (tertiary/aromatic N) is 4. The summed E-state index contributed by atoms with van der Waals surface area (Å²) in [6.07, 6.45) is 0.786. The summed E-state index contributed by atoms with van der Waals surface area (Å²) in [5.74, 6) is 0.463. The van der Waals surface area contributed by atoms with Crippen LogP contribution in [0.3, 0.4) is 0 Å². The van der Waals surface area contributed by atoms with Gasteiger partial charge in [0, 0.05) is 14.1 Å². The number of nitriles is 1. The summed E-state index contributed by atoms with van der Waals surface area (Å²) in [5, 5.41) is 10.1. The second-order valence-electron chi connectivity index (χ2n) is 4.29. The van der Waals surface area contributed by atoms with Crippen molar-refractivity contribution >= 4 is 33.4 Å². The molecule has 0 radical (unpaired) electrons. The molecule has 1 heterocycles. The van der Waals surface area contributed by atoms with Gasteiger partial charge in [-0.3, -0.25) is 0 Å². The van der Waals surface area contributed by atoms with Crippen LogP contribution in [0.4, 0.5) is 5.00 Å². The zero-order valence-electron chi connectivity index (χ0n) is 10.4. The van der Waals surface area contributed by atoms with Gasteiger partial charge in [0.25, 0.3) is 0 Å². The summed E-state index contributed by atoms with van der Waals surface area (Å²) >= 11 is 7.16. The van der Waals surface area contributed by atoms with Crippen LogP contribution in [0.2, 0.25) is 0 Å². The van der Waals surface area contributed by atoms with E-state index in [1.165, 1.54) is 11.5 Å². The van der Waals surface area contributed by atoms with Gasteiger partial charge in [0.15, 0.2) is 10.3 Å². The molecule has 4 nitrogen and oxygen atoms in total. The minimum absolute atomic E-state index is 0.348. The van der Waals surface area contributed by atoms with Crippen molar-refractivity contribution in [3.05, 3.63) is 11.3 Å². The standard InChI is InChI=1S/C11H15ClN4S/c1-7(2)5-9-8(6-13)10(17-15-9)14-11(12)16(3)4/h7H,5H2,1-4H3/b14-11+. The maximum absolute atomic E-state index is 9.14. The molecule has 0 aliphatic heterocycles. The molecule has 92 valence electrons. The lowest BCUT2D eigenvalue weighted by atomic mass is 10.1. The minimum Gasteiger partial charge on any atom is -0.353 e. The van der Waals surface area contributed by atoms with Crippen LogP contribution >= 0.6 is 23.1 Å². The second-order valence-corrected chi connectivity index (χ2v) is 5.38. The number of aliphatic imine (C=N–C) groups is 1. The van der Waals surface area contributed by atoms with Crippen molar-refractivity contribution in [2.24, 2.45) is 10.9 Å². The molecule has 0 atom stereocenters. The van der Waals surface area contributed by atoms with E-state index in [1.807, 2.05) is 0 Å². The molecule has 0 N–H and O–H groups in total. The summed E-state index contributed by atoms with van der Waals surface area (Å²) in [4.78, 5) is 5.88. The van der Waals surface area contributed by atoms with E-state index in [0.29, 0.717) is 21.8 Å². The van der Waals surface area contributed by atoms with E-state index >= 15 is 0 Å². The summed E-state index contributed by atoms with van der Waals surface area (Å²) < 4.78 is 4.27. The van der Waals surface area contributed by atoms with Crippen LogP contribution < -0.4 is 0 Å². The molecule has 0 aromatic carbocycles. The second kappa shape index (κ2) is 5.99. The molecule has 6 heteroatoms. The first-order chi connectivity index (χ1) is 7.95. The van der Waals surface area contributed by atoms with Crippen LogP contribution in [-0.2, 0) is 6.42 Å². The lowest BCUT2D eigenvalue weighted by Crippen LogP contribution is -2.15. The fourth-order valence-corrected chi connectivity index (χ4v) is 2.09. The van der Waals surface area contributed by atoms with Crippen LogP contribution in [0.15, 0.2) is 4.99 Å². The zero-order valence-corrected chi connectivity index (χ0v) is 11.9. The van der Waals surface area contributed by atoms with Crippen molar-refractivity contribution in [2.45, 2.75) is 20.3 Å². The number of hydrogen-bond acceptors (Lipinski definition) is 4. The van der Waals surface area contributed by atoms with Crippen molar-refractivity contribution in [2.75, 3.05) is 14.1 Å². The number of hydrogen-bond donors (Lipinski definition) is 0. The topological polar surface area (TPSA) is 52.3 Å². The van der Waals surface area contributed by atoms with E-state index in [9.17, 15) is 0 Å². The maximum Gasteiger partial charge on any atom is 0.199 e. The Kier molecular flexibility index (Phi) is 4.91. The molecule has 17 heavy (non-hydrogen) atoms. The third-order valence-corrected chi connectivity index (χ3v) is 3.22. The van der Waals surface area contributed by atoms with Gasteiger partial charge in [-0.05, 0) is 35.5 Å². The van der Waals surface area contributed by atoms with Gasteiger partial charge in [-0.1, -0.05) is 13.8 Å². The molecule has 1 aromatic rings. The number of rotatable bonds is 3. The quantitative estimate of drug-likeness (QED) is 0.482. The molecule has 0 fully saturated rings. The van der Waals surface area contributed by atoms with Gasteiger partial charge in [-0.25, -0.2) is 4.99 Å². The molecule has 0 amide bonds. The van der Waals surface area contributed by atoms with E-state index < -0.39 is 0 Å². The van der Waals surface area contributed by atoms with Crippen molar-refractivity contribution in [3.63, 3.8) is 0 Å². The molecular formula is C11H15ClN4S. The van der Waals surface area contributed by atoms with Gasteiger partial charge in [0.2, 0.25) is 0 Å². The highest BCUT2D eigenvalue weighted by Crippen LogP contribution is 2.29. The van der Waals surface area contributed by atoms with E-state index in [2.05, 4.69) is 29.3 Å². The summed E-state index contributed by atoms with van der Waals surface area (Å²) in [5.41, 5.74) is 1.36. The molecule has 1 rings (SSSR count). The Hall–Kier alpha value is -1.12. The highest BCUT2D eigenvalue weighted by molar-refractivity contribution is 7.10. The van der Waals surface area contributed by atoms with Crippen LogP contribution in [0, 0.1) is 17.2 Å². The fourth-order valence-electron chi connectivity index (χ4n) is 1.21. The smallest absolute Gasteiger partial charge is 0.199 e. The van der Waals surface area contributed by atoms with Gasteiger partial charge in [-0.2, -0.15) is 9.64 Å². The first-order valence-electron chi connectivity index (χ1n) is 5.25. The summed E-state index contributed by atoms with van der Waals surface area (Å²) in [7, 11) is 3.60. The van der Waals surface area contributed by atoms with Gasteiger partial charge in [0.1, 0.15) is 11.6 Å². The lowest BCUT2D eigenvalue weighted by molar-refractivity contribution is 0.635. The molecule has 0 bridgehead atoms. The monoisotopic (exact) mass is 270 g/mol. The first kappa shape index (κ1) is 13.9. The summed E-state index contributed by atoms with van der Waals surface area (Å²) in [6, 6.07) is 2.16. The molecule has 0 saturated heterocycles. The largest absolute Gasteiger partial charge is 0.353 e. The highest BCUT2D eigenvalue weighted by atomic mass is 35.5. The zero-order chi connectivity index (χ0) is 13.0. The molecule has 0 saturated carbocycles. The molecule has 0 spiro atoms. The predicted octanol–water partition coefficient (Wildman–Crippen LogP) is 3.00. The molecule has 0 aliphatic carbocycles. The van der Waals surface area contributed by atoms with Crippen LogP contribution in [0.25, 0.3) is 0 Å². The first-order valence-corrected chi connectivity index (χ1v) is 6.41. The predicted molar refractivity (Wildman–Crippen MR) is 72.0 cm³/mol. The average molecular weight is 271 g/mol. The van der Waals surface area contributed by atoms with Crippen molar-refractivity contribution in [3.8, 4) is 6.07 Å². The summed E-state index contributed by atoms with van der Waals surface area (Å²) in [6.45, 7) is 4.19. The van der Waals surface area contributed by atoms with Gasteiger partial charge in [-0.15, -0.1) is 0 Å². The highest BCUT2D eigenvalue weighted by Gasteiger charge is 2.14. The molecular weight excluding hydrogens is 256 g/mol. The minimum atomic E-state index is 0.348. The van der Waals surface area contributed by atoms with Crippen LogP contribution in [-0.4, -0.2) is 28.7 Å². The van der Waals surface area contributed by atoms with Crippen LogP contribution in [0.1, 0.15) is 25.1 Å². The Bertz CT molecular complexity index is 457. The fraction of sp³-hybridized carbons (Fsp3) is 0.545. The van der Waals surface area contributed by atoms with Gasteiger partial charge >= 0.3 is 0 Å². The van der Waals surface area contributed by atoms with E-state index in [0.717, 1.165) is 12.1 Å². The van der Waals surface area contributed by atoms with E-state index in [-0.39, 0.29) is 0 Å². The lowest BCUT2D eigenvalue weighted by Gasteiger charge is -2.07. The Balaban J connectivity index is 3.07. The van der Waals surface area contributed by atoms with Crippen molar-refractivity contribution in [1.82, 2.24) is 9.27 Å². The van der Waals surface area contributed by atoms with Crippen LogP contribution in [0.5, 0.6) is 0 Å². The van der Waals surface area contributed by atoms with E-state index in [1.54, 1.807) is 19.0 Å². The Morgan fingerprint density at radius 3 is 2.71 bits per heavy atom. The number of halogens is 1. The third-order valence-electron chi connectivity index (χ3n) is 2.02. The molecule has 0 aliphatic rings. The number of aromatic nitrogens is 1. The van der Waals surface area contributed by atoms with E-state index in [4.69, 9.17) is 16.9 Å². The molecule has 1 aromatic heterocycles. The Morgan fingerprint density at radius 2 is 2.24 bits per heavy atom. The van der Waals surface area contributed by atoms with Crippen molar-refractivity contribution in [1.29, 1.82) is 5.26 Å². The number of amidine groups is 1. The molecule has 0 unspecified atom stereocenters. The average Bonchev–Trinajstić information content (AvgIpc) is 2.59. The van der Waals surface area contributed by atoms with Gasteiger partial charge < -0.3 is 4.90 Å². The normalized spacial score (nSPS) is 11.7. The SMILES string of the molecule is CC(C)Cc1nsc(/N=C(\Cl)N(C)C)c1C#N. The Labute approximate surface area is 111 Å². The maximum atomic E-state index is 9.14. The Morgan fingerprint density at radius 1 is 1.59 bits per heavy atom. The van der Waals surface area contributed by atoms with Crippen molar-refractivity contribution < 1.29 is 0 Å². The van der Waals surface area contributed by atoms with Gasteiger partial charge in [0.05, 0.1) is 5.69 Å².